The third-order valence-corrected chi connectivity index (χ3v) is 4.80. The fourth-order valence-electron chi connectivity index (χ4n) is 3.13. The quantitative estimate of drug-likeness (QED) is 0.241. The number of hydrogen-bond donors (Lipinski definition) is 3. The van der Waals surface area contributed by atoms with E-state index in [0.717, 1.165) is 6.54 Å². The van der Waals surface area contributed by atoms with E-state index in [-0.39, 0.29) is 19.0 Å². The van der Waals surface area contributed by atoms with E-state index in [1.54, 1.807) is 0 Å². The van der Waals surface area contributed by atoms with Crippen molar-refractivity contribution in [2.45, 2.75) is 116 Å². The van der Waals surface area contributed by atoms with Crippen molar-refractivity contribution < 1.29 is 10.2 Å². The average molecular weight is 380 g/mol. The lowest BCUT2D eigenvalue weighted by atomic mass is 10.0. The molecule has 0 aliphatic carbocycles. The van der Waals surface area contributed by atoms with Crippen molar-refractivity contribution in [2.75, 3.05) is 19.7 Å². The summed E-state index contributed by atoms with van der Waals surface area (Å²) >= 11 is 0. The predicted molar refractivity (Wildman–Crippen MR) is 113 cm³/mol. The van der Waals surface area contributed by atoms with Crippen molar-refractivity contribution >= 4 is 12.4 Å². The second kappa shape index (κ2) is 24.2. The van der Waals surface area contributed by atoms with Crippen LogP contribution in [0.3, 0.4) is 0 Å². The fraction of sp³-hybridized carbons (Fsp3) is 1.00. The van der Waals surface area contributed by atoms with E-state index in [4.69, 9.17) is 5.11 Å². The van der Waals surface area contributed by atoms with Crippen LogP contribution in [-0.2, 0) is 0 Å². The van der Waals surface area contributed by atoms with E-state index in [1.165, 1.54) is 103 Å². The zero-order valence-electron chi connectivity index (χ0n) is 16.8. The predicted octanol–water partition coefficient (Wildman–Crippen LogP) is 5.61. The zero-order valence-corrected chi connectivity index (χ0v) is 17.6. The molecule has 0 rings (SSSR count). The second-order valence-electron chi connectivity index (χ2n) is 7.34. The SMILES string of the molecule is CCCCCCCCCCCCCCCCCCNCC(O)CO.Cl. The van der Waals surface area contributed by atoms with E-state index in [0.29, 0.717) is 6.54 Å². The molecule has 1 unspecified atom stereocenters. The van der Waals surface area contributed by atoms with Crippen molar-refractivity contribution in [2.24, 2.45) is 0 Å². The van der Waals surface area contributed by atoms with Crippen LogP contribution in [-0.4, -0.2) is 36.0 Å². The monoisotopic (exact) mass is 379 g/mol. The van der Waals surface area contributed by atoms with Gasteiger partial charge >= 0.3 is 0 Å². The molecule has 4 heteroatoms. The highest BCUT2D eigenvalue weighted by molar-refractivity contribution is 5.85. The summed E-state index contributed by atoms with van der Waals surface area (Å²) in [7, 11) is 0. The number of hydrogen-bond acceptors (Lipinski definition) is 3. The highest BCUT2D eigenvalue weighted by Gasteiger charge is 1.99. The number of aliphatic hydroxyl groups is 2. The van der Waals surface area contributed by atoms with E-state index in [2.05, 4.69) is 12.2 Å². The van der Waals surface area contributed by atoms with Gasteiger partial charge in [-0.1, -0.05) is 103 Å². The summed E-state index contributed by atoms with van der Waals surface area (Å²) < 4.78 is 0. The lowest BCUT2D eigenvalue weighted by Gasteiger charge is -2.08. The molecule has 0 spiro atoms. The number of rotatable bonds is 20. The van der Waals surface area contributed by atoms with E-state index < -0.39 is 6.10 Å². The Labute approximate surface area is 163 Å². The minimum absolute atomic E-state index is 0. The van der Waals surface area contributed by atoms with Crippen LogP contribution in [0.5, 0.6) is 0 Å². The summed E-state index contributed by atoms with van der Waals surface area (Å²) in [4.78, 5) is 0. The Morgan fingerprint density at radius 2 is 1.00 bits per heavy atom. The summed E-state index contributed by atoms with van der Waals surface area (Å²) in [6.07, 6.45) is 21.7. The molecule has 154 valence electrons. The van der Waals surface area contributed by atoms with Crippen molar-refractivity contribution in [3.8, 4) is 0 Å². The van der Waals surface area contributed by atoms with Gasteiger partial charge in [-0.3, -0.25) is 0 Å². The van der Waals surface area contributed by atoms with Gasteiger partial charge in [0.25, 0.3) is 0 Å². The molecule has 1 atom stereocenters. The maximum absolute atomic E-state index is 9.18. The number of aliphatic hydroxyl groups excluding tert-OH is 2. The zero-order chi connectivity index (χ0) is 17.7. The largest absolute Gasteiger partial charge is 0.394 e. The number of nitrogens with one attached hydrogen (secondary N) is 1. The molecule has 0 aliphatic rings. The van der Waals surface area contributed by atoms with Crippen LogP contribution in [0, 0.1) is 0 Å². The highest BCUT2D eigenvalue weighted by Crippen LogP contribution is 2.13. The first-order chi connectivity index (χ1) is 11.8. The van der Waals surface area contributed by atoms with Gasteiger partial charge in [0, 0.05) is 6.54 Å². The lowest BCUT2D eigenvalue weighted by Crippen LogP contribution is -2.29. The van der Waals surface area contributed by atoms with Gasteiger partial charge in [-0.25, -0.2) is 0 Å². The number of halogens is 1. The summed E-state index contributed by atoms with van der Waals surface area (Å²) in [6, 6.07) is 0. The summed E-state index contributed by atoms with van der Waals surface area (Å²) in [5, 5.41) is 21.0. The van der Waals surface area contributed by atoms with Crippen molar-refractivity contribution in [3.05, 3.63) is 0 Å². The van der Waals surface area contributed by atoms with Gasteiger partial charge in [-0.2, -0.15) is 0 Å². The molecular formula is C21H46ClNO2. The molecule has 0 aromatic heterocycles. The Bertz CT molecular complexity index is 230. The van der Waals surface area contributed by atoms with Gasteiger partial charge in [-0.15, -0.1) is 12.4 Å². The first-order valence-electron chi connectivity index (χ1n) is 10.8. The minimum Gasteiger partial charge on any atom is -0.394 e. The fourth-order valence-corrected chi connectivity index (χ4v) is 3.13. The Kier molecular flexibility index (Phi) is 26.5. The molecule has 3 nitrogen and oxygen atoms in total. The van der Waals surface area contributed by atoms with E-state index in [9.17, 15) is 5.11 Å². The molecule has 0 saturated heterocycles. The van der Waals surface area contributed by atoms with Crippen LogP contribution >= 0.6 is 12.4 Å². The summed E-state index contributed by atoms with van der Waals surface area (Å²) in [6.45, 7) is 3.60. The standard InChI is InChI=1S/C21H45NO2.ClH/c1-2-3-4-5-6-7-8-9-10-11-12-13-14-15-16-17-18-22-19-21(24)20-23;/h21-24H,2-20H2,1H3;1H. The first-order valence-corrected chi connectivity index (χ1v) is 10.8. The molecular weight excluding hydrogens is 334 g/mol. The number of unbranched alkanes of at least 4 members (excludes halogenated alkanes) is 15. The third kappa shape index (κ3) is 24.2. The Balaban J connectivity index is 0. The minimum atomic E-state index is -0.606. The highest BCUT2D eigenvalue weighted by atomic mass is 35.5. The van der Waals surface area contributed by atoms with Crippen LogP contribution < -0.4 is 5.32 Å². The molecule has 0 amide bonds. The first kappa shape index (κ1) is 27.4. The molecule has 0 aromatic rings. The topological polar surface area (TPSA) is 52.5 Å². The van der Waals surface area contributed by atoms with Crippen LogP contribution in [0.15, 0.2) is 0 Å². The van der Waals surface area contributed by atoms with Gasteiger partial charge in [0.1, 0.15) is 0 Å². The molecule has 0 aliphatic heterocycles. The lowest BCUT2D eigenvalue weighted by molar-refractivity contribution is 0.0945. The van der Waals surface area contributed by atoms with Gasteiger partial charge in [0.15, 0.2) is 0 Å². The second-order valence-corrected chi connectivity index (χ2v) is 7.34. The smallest absolute Gasteiger partial charge is 0.0894 e. The Morgan fingerprint density at radius 1 is 0.640 bits per heavy atom. The van der Waals surface area contributed by atoms with Gasteiger partial charge in [0.05, 0.1) is 12.7 Å². The van der Waals surface area contributed by atoms with Crippen LogP contribution in [0.2, 0.25) is 0 Å². The maximum atomic E-state index is 9.18. The van der Waals surface area contributed by atoms with Crippen molar-refractivity contribution in [1.29, 1.82) is 0 Å². The normalized spacial score (nSPS) is 12.1. The maximum Gasteiger partial charge on any atom is 0.0894 e. The van der Waals surface area contributed by atoms with Gasteiger partial charge in [0.2, 0.25) is 0 Å². The van der Waals surface area contributed by atoms with Crippen LogP contribution in [0.4, 0.5) is 0 Å². The Morgan fingerprint density at radius 3 is 1.36 bits per heavy atom. The molecule has 0 radical (unpaired) electrons. The van der Waals surface area contributed by atoms with E-state index >= 15 is 0 Å². The van der Waals surface area contributed by atoms with Gasteiger partial charge in [-0.05, 0) is 13.0 Å². The molecule has 0 saturated carbocycles. The van der Waals surface area contributed by atoms with Crippen molar-refractivity contribution in [1.82, 2.24) is 5.32 Å². The van der Waals surface area contributed by atoms with Crippen molar-refractivity contribution in [3.63, 3.8) is 0 Å². The van der Waals surface area contributed by atoms with Crippen LogP contribution in [0.25, 0.3) is 0 Å². The summed E-state index contributed by atoms with van der Waals surface area (Å²) in [5.74, 6) is 0. The van der Waals surface area contributed by atoms with E-state index in [1.807, 2.05) is 0 Å². The average Bonchev–Trinajstić information content (AvgIpc) is 2.60. The molecule has 0 bridgehead atoms. The molecule has 0 aromatic carbocycles. The molecule has 3 N–H and O–H groups in total. The summed E-state index contributed by atoms with van der Waals surface area (Å²) in [5.41, 5.74) is 0. The Hall–Kier alpha value is 0.170. The molecule has 25 heavy (non-hydrogen) atoms. The van der Waals surface area contributed by atoms with Crippen LogP contribution in [0.1, 0.15) is 110 Å². The third-order valence-electron chi connectivity index (χ3n) is 4.80. The van der Waals surface area contributed by atoms with Gasteiger partial charge < -0.3 is 15.5 Å². The molecule has 0 fully saturated rings. The molecule has 0 heterocycles.